The van der Waals surface area contributed by atoms with E-state index in [4.69, 9.17) is 26.0 Å². The number of anilines is 5. The van der Waals surface area contributed by atoms with E-state index >= 15 is 0 Å². The molecule has 70 heavy (non-hydrogen) atoms. The summed E-state index contributed by atoms with van der Waals surface area (Å²) in [6, 6.07) is 35.7. The number of furan rings is 2. The van der Waals surface area contributed by atoms with Crippen LogP contribution in [0.2, 0.25) is 0 Å². The molecule has 8 aromatic heterocycles. The number of fused-ring (bicyclic) bond motifs is 2. The van der Waals surface area contributed by atoms with Crippen molar-refractivity contribution >= 4 is 50.6 Å². The van der Waals surface area contributed by atoms with Gasteiger partial charge >= 0.3 is 0 Å². The number of pyridine rings is 2. The molecular formula is C47H50N18O4S. The van der Waals surface area contributed by atoms with E-state index in [2.05, 4.69) is 115 Å². The average Bonchev–Trinajstić information content (AvgIpc) is 4.22. The first-order valence-corrected chi connectivity index (χ1v) is 23.9. The van der Waals surface area contributed by atoms with Crippen molar-refractivity contribution in [3.8, 4) is 23.2 Å². The zero-order valence-electron chi connectivity index (χ0n) is 38.0. The maximum absolute atomic E-state index is 11.4. The first-order chi connectivity index (χ1) is 34.1. The standard InChI is InChI=1S/C23H23N9O.C15H19N3.C9H8N6O3S/c24-21-29-22(30-23-28-20(31-32(21)23)19-5-3-15-33-19)27-13-10-16-6-8-18(9-7-16)26-14-11-17-4-1-2-12-25-17;16-10-8-13-4-6-15(7-5-13)18-12-9-14-3-1-2-11-17-14;1-19(16,17)9-12-7(10)15-8(13-9)11-6(14-15)5-3-2-4-18-5/h1-9,12,15,26H,10-11,13-14H2,(H3,24,27,28,29,30,31);1-7,11,18H,8-10,12,16H2;2-4H,1H3,(H2,10,11,12,13,14). The van der Waals surface area contributed by atoms with Gasteiger partial charge in [0.25, 0.3) is 16.7 Å². The van der Waals surface area contributed by atoms with Crippen LogP contribution >= 0.6 is 0 Å². The Kier molecular flexibility index (Phi) is 15.5. The maximum Gasteiger partial charge on any atom is 0.259 e. The number of nitrogens with zero attached hydrogens (tertiary/aromatic N) is 12. The third kappa shape index (κ3) is 13.0. The Hall–Kier alpha value is -8.83. The number of rotatable bonds is 17. The number of sulfone groups is 1. The summed E-state index contributed by atoms with van der Waals surface area (Å²) in [5, 5.41) is 18.0. The molecule has 0 atom stereocenters. The summed E-state index contributed by atoms with van der Waals surface area (Å²) < 4.78 is 35.8. The van der Waals surface area contributed by atoms with Gasteiger partial charge in [0.15, 0.2) is 11.5 Å². The molecule has 9 N–H and O–H groups in total. The van der Waals surface area contributed by atoms with Crippen molar-refractivity contribution in [1.82, 2.24) is 59.1 Å². The lowest BCUT2D eigenvalue weighted by Crippen LogP contribution is -2.12. The Bertz CT molecular complexity index is 3300. The van der Waals surface area contributed by atoms with Gasteiger partial charge in [-0.15, -0.1) is 10.2 Å². The molecule has 0 spiro atoms. The Morgan fingerprint density at radius 1 is 0.543 bits per heavy atom. The van der Waals surface area contributed by atoms with E-state index in [0.717, 1.165) is 72.3 Å². The summed E-state index contributed by atoms with van der Waals surface area (Å²) in [5.41, 5.74) is 24.1. The van der Waals surface area contributed by atoms with Crippen molar-refractivity contribution in [2.75, 3.05) is 59.9 Å². The summed E-state index contributed by atoms with van der Waals surface area (Å²) in [7, 11) is -3.57. The monoisotopic (exact) mass is 962 g/mol. The molecular weight excluding hydrogens is 913 g/mol. The maximum atomic E-state index is 11.4. The lowest BCUT2D eigenvalue weighted by molar-refractivity contribution is 0.577. The van der Waals surface area contributed by atoms with Crippen molar-refractivity contribution in [2.45, 2.75) is 30.8 Å². The van der Waals surface area contributed by atoms with Crippen LogP contribution in [0.4, 0.5) is 29.2 Å². The van der Waals surface area contributed by atoms with Gasteiger partial charge in [-0.05, 0) is 103 Å². The molecule has 0 fully saturated rings. The smallest absolute Gasteiger partial charge is 0.259 e. The van der Waals surface area contributed by atoms with E-state index in [1.54, 1.807) is 30.5 Å². The van der Waals surface area contributed by atoms with Crippen molar-refractivity contribution < 1.29 is 17.3 Å². The molecule has 358 valence electrons. The Balaban J connectivity index is 0.000000152. The van der Waals surface area contributed by atoms with Gasteiger partial charge in [-0.1, -0.05) is 36.4 Å². The largest absolute Gasteiger partial charge is 0.461 e. The molecule has 0 bridgehead atoms. The van der Waals surface area contributed by atoms with Crippen molar-refractivity contribution in [2.24, 2.45) is 5.73 Å². The van der Waals surface area contributed by atoms with Crippen LogP contribution in [0.1, 0.15) is 22.5 Å². The molecule has 10 aromatic rings. The summed E-state index contributed by atoms with van der Waals surface area (Å²) in [4.78, 5) is 33.2. The number of nitrogen functional groups attached to an aromatic ring is 2. The predicted octanol–water partition coefficient (Wildman–Crippen LogP) is 5.07. The summed E-state index contributed by atoms with van der Waals surface area (Å²) in [6.45, 7) is 3.09. The number of nitrogens with two attached hydrogens (primary N) is 3. The Morgan fingerprint density at radius 3 is 1.51 bits per heavy atom. The highest BCUT2D eigenvalue weighted by atomic mass is 32.2. The van der Waals surface area contributed by atoms with Gasteiger partial charge in [-0.3, -0.25) is 9.97 Å². The molecule has 0 unspecified atom stereocenters. The molecule has 23 heteroatoms. The Labute approximate surface area is 401 Å². The minimum atomic E-state index is -3.57. The second kappa shape index (κ2) is 22.8. The van der Waals surface area contributed by atoms with Crippen LogP contribution < -0.4 is 33.2 Å². The fourth-order valence-corrected chi connectivity index (χ4v) is 7.19. The molecule has 0 radical (unpaired) electrons. The third-order valence-corrected chi connectivity index (χ3v) is 11.0. The van der Waals surface area contributed by atoms with Gasteiger partial charge in [-0.2, -0.15) is 38.9 Å². The second-order valence-electron chi connectivity index (χ2n) is 15.4. The SMILES string of the molecule is CS(=O)(=O)c1nc(N)n2nc(-c3ccco3)nc2n1.NCCc1ccc(NCCc2ccccn2)cc1.Nc1nc(NCCc2ccc(NCCc3ccccn3)cc2)nc2nc(-c3ccco3)nn12. The molecule has 0 saturated heterocycles. The predicted molar refractivity (Wildman–Crippen MR) is 265 cm³/mol. The molecule has 10 rings (SSSR count). The third-order valence-electron chi connectivity index (χ3n) is 10.2. The fraction of sp³-hybridized carbons (Fsp3) is 0.191. The van der Waals surface area contributed by atoms with Crippen molar-refractivity contribution in [3.63, 3.8) is 0 Å². The van der Waals surface area contributed by atoms with Crippen LogP contribution in [0.3, 0.4) is 0 Å². The van der Waals surface area contributed by atoms with Gasteiger partial charge < -0.3 is 42.0 Å². The van der Waals surface area contributed by atoms with Crippen LogP contribution in [0.5, 0.6) is 0 Å². The van der Waals surface area contributed by atoms with E-state index in [9.17, 15) is 8.42 Å². The van der Waals surface area contributed by atoms with E-state index < -0.39 is 15.0 Å². The highest BCUT2D eigenvalue weighted by Crippen LogP contribution is 2.20. The highest BCUT2D eigenvalue weighted by molar-refractivity contribution is 7.90. The van der Waals surface area contributed by atoms with Crippen LogP contribution in [0.15, 0.2) is 148 Å². The quantitative estimate of drug-likeness (QED) is 0.0694. The molecule has 22 nitrogen and oxygen atoms in total. The van der Waals surface area contributed by atoms with Gasteiger partial charge in [-0.25, -0.2) is 8.42 Å². The number of hydrogen-bond acceptors (Lipinski definition) is 20. The lowest BCUT2D eigenvalue weighted by Gasteiger charge is -2.08. The van der Waals surface area contributed by atoms with Gasteiger partial charge in [0.05, 0.1) is 12.5 Å². The molecule has 0 aliphatic rings. The summed E-state index contributed by atoms with van der Waals surface area (Å²) in [6.07, 6.45) is 11.2. The zero-order valence-corrected chi connectivity index (χ0v) is 38.8. The molecule has 2 aromatic carbocycles. The fourth-order valence-electron chi connectivity index (χ4n) is 6.68. The van der Waals surface area contributed by atoms with Crippen molar-refractivity contribution in [1.29, 1.82) is 0 Å². The lowest BCUT2D eigenvalue weighted by atomic mass is 10.1. The number of hydrogen-bond donors (Lipinski definition) is 6. The van der Waals surface area contributed by atoms with Gasteiger partial charge in [0.2, 0.25) is 39.3 Å². The first kappa shape index (κ1) is 47.7. The van der Waals surface area contributed by atoms with Crippen molar-refractivity contribution in [3.05, 3.63) is 157 Å². The van der Waals surface area contributed by atoms with Crippen LogP contribution in [-0.4, -0.2) is 100.0 Å². The number of benzene rings is 2. The van der Waals surface area contributed by atoms with Crippen LogP contribution in [-0.2, 0) is 35.5 Å². The van der Waals surface area contributed by atoms with E-state index in [-0.39, 0.29) is 23.5 Å². The molecule has 0 aliphatic carbocycles. The van der Waals surface area contributed by atoms with E-state index in [0.29, 0.717) is 42.2 Å². The van der Waals surface area contributed by atoms with Crippen LogP contribution in [0, 0.1) is 0 Å². The topological polar surface area (TPSA) is 312 Å². The molecule has 0 aliphatic heterocycles. The first-order valence-electron chi connectivity index (χ1n) is 22.1. The summed E-state index contributed by atoms with van der Waals surface area (Å²) >= 11 is 0. The number of nitrogens with one attached hydrogen (secondary N) is 3. The van der Waals surface area contributed by atoms with Gasteiger partial charge in [0.1, 0.15) is 0 Å². The minimum Gasteiger partial charge on any atom is -0.461 e. The van der Waals surface area contributed by atoms with Crippen LogP contribution in [0.25, 0.3) is 34.7 Å². The summed E-state index contributed by atoms with van der Waals surface area (Å²) in [5.74, 6) is 2.52. The Morgan fingerprint density at radius 2 is 1.04 bits per heavy atom. The molecule has 0 amide bonds. The second-order valence-corrected chi connectivity index (χ2v) is 17.3. The van der Waals surface area contributed by atoms with Gasteiger partial charge in [0, 0.05) is 73.9 Å². The zero-order chi connectivity index (χ0) is 48.7. The van der Waals surface area contributed by atoms with E-state index in [1.807, 2.05) is 48.8 Å². The normalized spacial score (nSPS) is 11.1. The minimum absolute atomic E-state index is 0.0410. The highest BCUT2D eigenvalue weighted by Gasteiger charge is 2.19. The number of aromatic nitrogens is 12. The van der Waals surface area contributed by atoms with E-state index in [1.165, 1.54) is 21.9 Å². The molecule has 0 saturated carbocycles. The molecule has 8 heterocycles. The average molecular weight is 963 g/mol.